The molecule has 202 valence electrons. The Bertz CT molecular complexity index is 1780. The number of ether oxygens (including phenoxy) is 4. The Morgan fingerprint density at radius 1 is 0.900 bits per heavy atom. The first kappa shape index (κ1) is 25.4. The molecule has 3 aromatic carbocycles. The number of methoxy groups -OCH3 is 4. The van der Waals surface area contributed by atoms with E-state index in [2.05, 4.69) is 5.32 Å². The summed E-state index contributed by atoms with van der Waals surface area (Å²) in [7, 11) is 6.24. The number of halogens is 1. The van der Waals surface area contributed by atoms with Gasteiger partial charge in [-0.2, -0.15) is 5.10 Å². The van der Waals surface area contributed by atoms with Crippen LogP contribution in [0, 0.1) is 5.82 Å². The van der Waals surface area contributed by atoms with Crippen LogP contribution < -0.4 is 24.3 Å². The molecule has 6 rings (SSSR count). The molecular formula is C29H23FN4O5S. The van der Waals surface area contributed by atoms with Crippen molar-refractivity contribution in [3.05, 3.63) is 71.7 Å². The van der Waals surface area contributed by atoms with E-state index in [1.54, 1.807) is 45.1 Å². The number of aromatic nitrogens is 3. The highest BCUT2D eigenvalue weighted by Gasteiger charge is 2.27. The number of amides is 1. The number of nitrogens with one attached hydrogen (secondary N) is 1. The summed E-state index contributed by atoms with van der Waals surface area (Å²) in [6.07, 6.45) is 1.69. The molecule has 0 saturated carbocycles. The number of benzene rings is 3. The van der Waals surface area contributed by atoms with Crippen molar-refractivity contribution in [3.63, 3.8) is 0 Å². The van der Waals surface area contributed by atoms with Crippen LogP contribution in [0.5, 0.6) is 23.0 Å². The van der Waals surface area contributed by atoms with Gasteiger partial charge in [0.1, 0.15) is 16.6 Å². The largest absolute Gasteiger partial charge is 0.497 e. The molecule has 1 N–H and O–H groups in total. The predicted octanol–water partition coefficient (Wildman–Crippen LogP) is 5.79. The standard InChI is InChI=1S/C29H23FN4O5S/c1-36-18-8-5-15(6-9-18)25-22(14-20-19-13-17(30)7-10-21(19)31-27(20)35)34-29(32-25)40-28(33-34)16-11-23(37-2)26(39-4)24(12-16)38-3/h5-14H,1-4H3,(H,31,35)/b20-14+. The van der Waals surface area contributed by atoms with Crippen LogP contribution in [-0.4, -0.2) is 48.9 Å². The van der Waals surface area contributed by atoms with Crippen molar-refractivity contribution >= 4 is 39.5 Å². The van der Waals surface area contributed by atoms with Gasteiger partial charge in [0.25, 0.3) is 5.91 Å². The molecule has 3 heterocycles. The minimum absolute atomic E-state index is 0.313. The van der Waals surface area contributed by atoms with Gasteiger partial charge in [-0.05, 0) is 60.7 Å². The zero-order valence-electron chi connectivity index (χ0n) is 21.9. The zero-order valence-corrected chi connectivity index (χ0v) is 22.8. The molecule has 2 aromatic heterocycles. The van der Waals surface area contributed by atoms with Gasteiger partial charge in [0, 0.05) is 22.4 Å². The van der Waals surface area contributed by atoms with Crippen LogP contribution >= 0.6 is 11.3 Å². The van der Waals surface area contributed by atoms with Crippen molar-refractivity contribution in [2.75, 3.05) is 33.8 Å². The molecule has 0 radical (unpaired) electrons. The fraction of sp³-hybridized carbons (Fsp3) is 0.138. The van der Waals surface area contributed by atoms with E-state index < -0.39 is 5.82 Å². The van der Waals surface area contributed by atoms with E-state index in [-0.39, 0.29) is 5.91 Å². The van der Waals surface area contributed by atoms with Gasteiger partial charge >= 0.3 is 0 Å². The van der Waals surface area contributed by atoms with Crippen LogP contribution in [0.15, 0.2) is 54.6 Å². The van der Waals surface area contributed by atoms with Gasteiger partial charge < -0.3 is 24.3 Å². The number of fused-ring (bicyclic) bond motifs is 2. The SMILES string of the molecule is COc1ccc(-c2nc3sc(-c4cc(OC)c(OC)c(OC)c4)nn3c2/C=C2/C(=O)Nc3ccc(F)cc32)cc1. The Morgan fingerprint density at radius 3 is 2.27 bits per heavy atom. The van der Waals surface area contributed by atoms with Gasteiger partial charge in [-0.1, -0.05) is 11.3 Å². The summed E-state index contributed by atoms with van der Waals surface area (Å²) < 4.78 is 37.6. The molecule has 0 fully saturated rings. The average Bonchev–Trinajstić information content (AvgIpc) is 3.63. The summed E-state index contributed by atoms with van der Waals surface area (Å²) >= 11 is 1.36. The Labute approximate surface area is 232 Å². The summed E-state index contributed by atoms with van der Waals surface area (Å²) in [5.74, 6) is 1.39. The van der Waals surface area contributed by atoms with Gasteiger partial charge in [0.2, 0.25) is 10.7 Å². The summed E-state index contributed by atoms with van der Waals surface area (Å²) in [6.45, 7) is 0. The molecule has 0 unspecified atom stereocenters. The Kier molecular flexibility index (Phi) is 6.35. The maximum Gasteiger partial charge on any atom is 0.256 e. The quantitative estimate of drug-likeness (QED) is 0.253. The van der Waals surface area contributed by atoms with E-state index in [9.17, 15) is 9.18 Å². The van der Waals surface area contributed by atoms with E-state index in [0.717, 1.165) is 11.1 Å². The number of carbonyl (C=O) groups is 1. The van der Waals surface area contributed by atoms with Gasteiger partial charge in [-0.25, -0.2) is 13.9 Å². The highest BCUT2D eigenvalue weighted by Crippen LogP contribution is 2.43. The molecule has 0 saturated heterocycles. The summed E-state index contributed by atoms with van der Waals surface area (Å²) in [6, 6.07) is 15.3. The van der Waals surface area contributed by atoms with Crippen molar-refractivity contribution in [1.29, 1.82) is 0 Å². The van der Waals surface area contributed by atoms with Crippen LogP contribution in [0.2, 0.25) is 0 Å². The molecular weight excluding hydrogens is 535 g/mol. The summed E-state index contributed by atoms with van der Waals surface area (Å²) in [4.78, 5) is 18.4. The van der Waals surface area contributed by atoms with Crippen molar-refractivity contribution in [1.82, 2.24) is 14.6 Å². The minimum Gasteiger partial charge on any atom is -0.497 e. The maximum atomic E-state index is 14.1. The van der Waals surface area contributed by atoms with E-state index in [4.69, 9.17) is 29.0 Å². The van der Waals surface area contributed by atoms with Gasteiger partial charge in [-0.3, -0.25) is 4.79 Å². The second-order valence-corrected chi connectivity index (χ2v) is 9.75. The molecule has 1 aliphatic rings. The van der Waals surface area contributed by atoms with Gasteiger partial charge in [0.05, 0.1) is 45.4 Å². The van der Waals surface area contributed by atoms with Crippen LogP contribution in [0.1, 0.15) is 11.3 Å². The topological polar surface area (TPSA) is 96.2 Å². The first-order valence-electron chi connectivity index (χ1n) is 12.1. The highest BCUT2D eigenvalue weighted by molar-refractivity contribution is 7.19. The molecule has 0 spiro atoms. The molecule has 0 atom stereocenters. The molecule has 0 aliphatic carbocycles. The third-order valence-corrected chi connectivity index (χ3v) is 7.52. The molecule has 40 heavy (non-hydrogen) atoms. The second-order valence-electron chi connectivity index (χ2n) is 8.79. The lowest BCUT2D eigenvalue weighted by Crippen LogP contribution is -2.04. The number of carbonyl (C=O) groups excluding carboxylic acids is 1. The Balaban J connectivity index is 1.56. The van der Waals surface area contributed by atoms with E-state index in [1.807, 2.05) is 36.4 Å². The summed E-state index contributed by atoms with van der Waals surface area (Å²) in [5, 5.41) is 8.30. The van der Waals surface area contributed by atoms with Gasteiger partial charge in [-0.15, -0.1) is 0 Å². The number of imidazole rings is 1. The monoisotopic (exact) mass is 558 g/mol. The molecule has 5 aromatic rings. The maximum absolute atomic E-state index is 14.1. The number of hydrogen-bond donors (Lipinski definition) is 1. The average molecular weight is 559 g/mol. The Morgan fingerprint density at radius 2 is 1.62 bits per heavy atom. The molecule has 1 amide bonds. The number of hydrogen-bond acceptors (Lipinski definition) is 8. The fourth-order valence-corrected chi connectivity index (χ4v) is 5.51. The molecule has 1 aliphatic heterocycles. The molecule has 0 bridgehead atoms. The molecule has 11 heteroatoms. The third kappa shape index (κ3) is 4.20. The molecule has 9 nitrogen and oxygen atoms in total. The van der Waals surface area contributed by atoms with Crippen LogP contribution in [0.4, 0.5) is 10.1 Å². The number of rotatable bonds is 7. The summed E-state index contributed by atoms with van der Waals surface area (Å²) in [5.41, 5.74) is 4.05. The van der Waals surface area contributed by atoms with Crippen LogP contribution in [-0.2, 0) is 4.79 Å². The lowest BCUT2D eigenvalue weighted by atomic mass is 10.0. The van der Waals surface area contributed by atoms with Crippen molar-refractivity contribution in [3.8, 4) is 44.8 Å². The van der Waals surface area contributed by atoms with Gasteiger partial charge in [0.15, 0.2) is 11.5 Å². The zero-order chi connectivity index (χ0) is 28.0. The number of nitrogens with zero attached hydrogens (tertiary/aromatic N) is 3. The normalized spacial score (nSPS) is 13.4. The van der Waals surface area contributed by atoms with Crippen molar-refractivity contribution in [2.45, 2.75) is 0 Å². The van der Waals surface area contributed by atoms with Crippen molar-refractivity contribution in [2.24, 2.45) is 0 Å². The van der Waals surface area contributed by atoms with Crippen LogP contribution in [0.3, 0.4) is 0 Å². The first-order valence-corrected chi connectivity index (χ1v) is 12.9. The smallest absolute Gasteiger partial charge is 0.256 e. The third-order valence-electron chi connectivity index (χ3n) is 6.56. The predicted molar refractivity (Wildman–Crippen MR) is 151 cm³/mol. The van der Waals surface area contributed by atoms with Crippen LogP contribution in [0.25, 0.3) is 38.4 Å². The fourth-order valence-electron chi connectivity index (χ4n) is 4.62. The highest BCUT2D eigenvalue weighted by atomic mass is 32.1. The first-order chi connectivity index (χ1) is 19.4. The van der Waals surface area contributed by atoms with E-state index >= 15 is 0 Å². The second kappa shape index (κ2) is 10.0. The van der Waals surface area contributed by atoms with Crippen molar-refractivity contribution < 1.29 is 28.1 Å². The minimum atomic E-state index is -0.437. The Hall–Kier alpha value is -4.90. The van der Waals surface area contributed by atoms with E-state index in [0.29, 0.717) is 61.2 Å². The number of anilines is 1. The lowest BCUT2D eigenvalue weighted by molar-refractivity contribution is -0.110. The van der Waals surface area contributed by atoms with E-state index in [1.165, 1.54) is 23.5 Å². The lowest BCUT2D eigenvalue weighted by Gasteiger charge is -2.13.